The summed E-state index contributed by atoms with van der Waals surface area (Å²) in [5.41, 5.74) is 5.89. The van der Waals surface area contributed by atoms with E-state index < -0.39 is 5.91 Å². The van der Waals surface area contributed by atoms with Gasteiger partial charge in [-0.15, -0.1) is 0 Å². The average Bonchev–Trinajstić information content (AvgIpc) is 3.06. The Kier molecular flexibility index (Phi) is 7.61. The highest BCUT2D eigenvalue weighted by Crippen LogP contribution is 2.39. The zero-order valence-electron chi connectivity index (χ0n) is 20.3. The van der Waals surface area contributed by atoms with Crippen LogP contribution >= 0.6 is 0 Å². The molecule has 0 spiro atoms. The third-order valence-electron chi connectivity index (χ3n) is 5.58. The lowest BCUT2D eigenvalue weighted by Gasteiger charge is -2.13. The van der Waals surface area contributed by atoms with Crippen LogP contribution in [0.4, 0.5) is 0 Å². The number of nitrogens with zero attached hydrogens (tertiary/aromatic N) is 2. The molecule has 178 valence electrons. The van der Waals surface area contributed by atoms with Gasteiger partial charge in [0.1, 0.15) is 5.75 Å². The Balaban J connectivity index is 2.37. The van der Waals surface area contributed by atoms with Crippen LogP contribution in [-0.4, -0.2) is 54.7 Å². The van der Waals surface area contributed by atoms with Gasteiger partial charge in [-0.05, 0) is 84.1 Å². The number of hydrazine groups is 1. The second-order valence-corrected chi connectivity index (χ2v) is 8.69. The summed E-state index contributed by atoms with van der Waals surface area (Å²) in [6.07, 6.45) is 1.45. The van der Waals surface area contributed by atoms with Crippen molar-refractivity contribution in [2.75, 3.05) is 27.2 Å². The van der Waals surface area contributed by atoms with E-state index in [0.29, 0.717) is 28.9 Å². The summed E-state index contributed by atoms with van der Waals surface area (Å²) < 4.78 is 13.4. The van der Waals surface area contributed by atoms with Gasteiger partial charge in [-0.1, -0.05) is 0 Å². The van der Waals surface area contributed by atoms with E-state index in [9.17, 15) is 9.59 Å². The molecule has 3 rings (SSSR count). The topological polar surface area (TPSA) is 98.8 Å². The third kappa shape index (κ3) is 4.96. The van der Waals surface area contributed by atoms with E-state index in [4.69, 9.17) is 15.3 Å². The lowest BCUT2D eigenvalue weighted by molar-refractivity contribution is 0.0378. The molecule has 2 aromatic carbocycles. The highest BCUT2D eigenvalue weighted by atomic mass is 16.5. The molecule has 0 aliphatic rings. The molecule has 33 heavy (non-hydrogen) atoms. The van der Waals surface area contributed by atoms with E-state index in [1.807, 2.05) is 52.5 Å². The van der Waals surface area contributed by atoms with Crippen LogP contribution in [0.5, 0.6) is 5.75 Å². The fraction of sp³-hybridized carbons (Fsp3) is 0.440. The fourth-order valence-corrected chi connectivity index (χ4v) is 4.29. The van der Waals surface area contributed by atoms with Crippen LogP contribution in [0.1, 0.15) is 53.5 Å². The van der Waals surface area contributed by atoms with Gasteiger partial charge in [-0.25, -0.2) is 10.6 Å². The summed E-state index contributed by atoms with van der Waals surface area (Å²) in [7, 11) is 6.03. The largest absolute Gasteiger partial charge is 0.492 e. The average molecular weight is 455 g/mol. The van der Waals surface area contributed by atoms with Gasteiger partial charge in [0, 0.05) is 17.8 Å². The molecule has 1 amide bonds. The van der Waals surface area contributed by atoms with Crippen molar-refractivity contribution in [1.82, 2.24) is 14.9 Å². The van der Waals surface area contributed by atoms with Crippen molar-refractivity contribution in [2.24, 2.45) is 12.9 Å². The quantitative estimate of drug-likeness (QED) is 0.223. The van der Waals surface area contributed by atoms with Crippen molar-refractivity contribution in [2.45, 2.75) is 39.7 Å². The van der Waals surface area contributed by atoms with E-state index in [2.05, 4.69) is 10.3 Å². The van der Waals surface area contributed by atoms with Crippen LogP contribution < -0.4 is 16.0 Å². The van der Waals surface area contributed by atoms with Crippen LogP contribution in [0.3, 0.4) is 0 Å². The minimum Gasteiger partial charge on any atom is -0.492 e. The lowest BCUT2D eigenvalue weighted by Crippen LogP contribution is -2.30. The van der Waals surface area contributed by atoms with Crippen LogP contribution in [0.25, 0.3) is 21.8 Å². The monoisotopic (exact) mass is 454 g/mol. The van der Waals surface area contributed by atoms with Gasteiger partial charge in [0.15, 0.2) is 0 Å². The predicted octanol–water partition coefficient (Wildman–Crippen LogP) is 3.39. The molecule has 0 radical (unpaired) electrons. The van der Waals surface area contributed by atoms with Gasteiger partial charge in [0.2, 0.25) is 0 Å². The standard InChI is InChI=1S/C25H34N4O4/c1-7-32-20-11-10-18(24(30)27-26)21-19-14-17(25(31)33-15(2)3)13-16(9-8-12-28(4)5)22(19)29(6)23(20)21/h10-11,13-15H,7-9,12,26H2,1-6H3,(H,27,30). The summed E-state index contributed by atoms with van der Waals surface area (Å²) in [6.45, 7) is 6.97. The summed E-state index contributed by atoms with van der Waals surface area (Å²) in [4.78, 5) is 27.7. The molecule has 0 saturated carbocycles. The number of fused-ring (bicyclic) bond motifs is 3. The Morgan fingerprint density at radius 3 is 2.52 bits per heavy atom. The highest BCUT2D eigenvalue weighted by molar-refractivity contribution is 6.20. The third-order valence-corrected chi connectivity index (χ3v) is 5.58. The zero-order valence-corrected chi connectivity index (χ0v) is 20.3. The number of nitrogens with one attached hydrogen (secondary N) is 1. The lowest BCUT2D eigenvalue weighted by atomic mass is 9.99. The summed E-state index contributed by atoms with van der Waals surface area (Å²) in [6, 6.07) is 7.21. The number of nitrogen functional groups attached to an aromatic ring is 1. The first-order valence-electron chi connectivity index (χ1n) is 11.3. The van der Waals surface area contributed by atoms with Gasteiger partial charge in [0.05, 0.1) is 34.9 Å². The first-order chi connectivity index (χ1) is 15.7. The number of amides is 1. The molecule has 0 aliphatic carbocycles. The number of benzene rings is 2. The zero-order chi connectivity index (χ0) is 24.3. The normalized spacial score (nSPS) is 11.5. The van der Waals surface area contributed by atoms with Crippen molar-refractivity contribution in [1.29, 1.82) is 0 Å². The number of rotatable bonds is 9. The van der Waals surface area contributed by atoms with Gasteiger partial charge in [-0.2, -0.15) is 0 Å². The van der Waals surface area contributed by atoms with Crippen LogP contribution in [0, 0.1) is 0 Å². The molecule has 3 aromatic rings. The Morgan fingerprint density at radius 1 is 1.18 bits per heavy atom. The predicted molar refractivity (Wildman–Crippen MR) is 131 cm³/mol. The molecule has 0 bridgehead atoms. The first-order valence-corrected chi connectivity index (χ1v) is 11.3. The van der Waals surface area contributed by atoms with Crippen molar-refractivity contribution in [3.8, 4) is 5.75 Å². The van der Waals surface area contributed by atoms with Crippen molar-refractivity contribution in [3.05, 3.63) is 41.0 Å². The van der Waals surface area contributed by atoms with Crippen LogP contribution in [-0.2, 0) is 18.2 Å². The molecule has 8 nitrogen and oxygen atoms in total. The second kappa shape index (κ2) is 10.2. The minimum absolute atomic E-state index is 0.235. The van der Waals surface area contributed by atoms with Crippen LogP contribution in [0.15, 0.2) is 24.3 Å². The van der Waals surface area contributed by atoms with Gasteiger partial charge in [0.25, 0.3) is 5.91 Å². The molecule has 0 fully saturated rings. The minimum atomic E-state index is -0.403. The van der Waals surface area contributed by atoms with Crippen LogP contribution in [0.2, 0.25) is 0 Å². The maximum absolute atomic E-state index is 12.9. The molecule has 1 heterocycles. The number of aryl methyl sites for hydroxylation is 2. The Bertz CT molecular complexity index is 1180. The number of hydrogen-bond donors (Lipinski definition) is 2. The van der Waals surface area contributed by atoms with E-state index in [1.165, 1.54) is 0 Å². The number of carbonyl (C=O) groups excluding carboxylic acids is 2. The SMILES string of the molecule is CCOc1ccc(C(=O)NN)c2c3cc(C(=O)OC(C)C)cc(CCCN(C)C)c3n(C)c12. The molecular formula is C25H34N4O4. The summed E-state index contributed by atoms with van der Waals surface area (Å²) >= 11 is 0. The first kappa shape index (κ1) is 24.5. The fourth-order valence-electron chi connectivity index (χ4n) is 4.29. The van der Waals surface area contributed by atoms with Gasteiger partial charge in [-0.3, -0.25) is 10.2 Å². The smallest absolute Gasteiger partial charge is 0.338 e. The Labute approximate surface area is 194 Å². The number of carbonyl (C=O) groups is 2. The van der Waals surface area contributed by atoms with Gasteiger partial charge < -0.3 is 18.9 Å². The van der Waals surface area contributed by atoms with Crippen molar-refractivity contribution < 1.29 is 19.1 Å². The summed E-state index contributed by atoms with van der Waals surface area (Å²) in [5.74, 6) is 5.37. The second-order valence-electron chi connectivity index (χ2n) is 8.69. The molecule has 0 aliphatic heterocycles. The molecule has 3 N–H and O–H groups in total. The van der Waals surface area contributed by atoms with Gasteiger partial charge >= 0.3 is 5.97 Å². The van der Waals surface area contributed by atoms with E-state index in [1.54, 1.807) is 18.2 Å². The number of nitrogens with two attached hydrogens (primary N) is 1. The molecule has 0 unspecified atom stereocenters. The van der Waals surface area contributed by atoms with E-state index in [-0.39, 0.29) is 12.1 Å². The number of esters is 1. The van der Waals surface area contributed by atoms with Crippen molar-refractivity contribution in [3.63, 3.8) is 0 Å². The number of aromatic nitrogens is 1. The highest BCUT2D eigenvalue weighted by Gasteiger charge is 2.23. The molecule has 0 saturated heterocycles. The molecule has 1 aromatic heterocycles. The van der Waals surface area contributed by atoms with E-state index in [0.717, 1.165) is 41.4 Å². The maximum atomic E-state index is 12.9. The Hall–Kier alpha value is -3.10. The molecular weight excluding hydrogens is 420 g/mol. The number of ether oxygens (including phenoxy) is 2. The summed E-state index contributed by atoms with van der Waals surface area (Å²) in [5, 5.41) is 1.50. The molecule has 8 heteroatoms. The van der Waals surface area contributed by atoms with E-state index >= 15 is 0 Å². The Morgan fingerprint density at radius 2 is 1.91 bits per heavy atom. The maximum Gasteiger partial charge on any atom is 0.338 e. The molecule has 0 atom stereocenters. The van der Waals surface area contributed by atoms with Crippen molar-refractivity contribution >= 4 is 33.7 Å². The number of hydrogen-bond acceptors (Lipinski definition) is 6.